The van der Waals surface area contributed by atoms with Crippen LogP contribution in [-0.2, 0) is 9.59 Å². The highest BCUT2D eigenvalue weighted by atomic mass is 32.2. The molecular formula is C27H23N3O5S. The maximum atomic E-state index is 13.6. The monoisotopic (exact) mass is 501 g/mol. The van der Waals surface area contributed by atoms with Crippen molar-refractivity contribution < 1.29 is 23.9 Å². The van der Waals surface area contributed by atoms with Crippen molar-refractivity contribution in [1.82, 2.24) is 4.90 Å². The number of hydrogen-bond acceptors (Lipinski definition) is 6. The molecule has 5 rings (SSSR count). The summed E-state index contributed by atoms with van der Waals surface area (Å²) in [5.41, 5.74) is 1.77. The predicted octanol–water partition coefficient (Wildman–Crippen LogP) is 3.46. The average Bonchev–Trinajstić information content (AvgIpc) is 3.16. The molecule has 0 bridgehead atoms. The Kier molecular flexibility index (Phi) is 6.47. The number of methoxy groups -OCH3 is 1. The van der Waals surface area contributed by atoms with E-state index in [-0.39, 0.29) is 23.6 Å². The minimum atomic E-state index is -0.550. The van der Waals surface area contributed by atoms with E-state index in [1.165, 1.54) is 12.0 Å². The van der Waals surface area contributed by atoms with Crippen LogP contribution in [0.3, 0.4) is 0 Å². The fraction of sp³-hybridized carbons (Fsp3) is 0.185. The van der Waals surface area contributed by atoms with Gasteiger partial charge in [-0.3, -0.25) is 24.1 Å². The van der Waals surface area contributed by atoms with E-state index < -0.39 is 24.3 Å². The van der Waals surface area contributed by atoms with Crippen molar-refractivity contribution >= 4 is 46.8 Å². The molecule has 0 saturated carbocycles. The molecule has 0 spiro atoms. The highest BCUT2D eigenvalue weighted by Gasteiger charge is 2.38. The first-order valence-corrected chi connectivity index (χ1v) is 12.4. The quantitative estimate of drug-likeness (QED) is 0.481. The molecule has 0 atom stereocenters. The van der Waals surface area contributed by atoms with E-state index in [9.17, 15) is 19.2 Å². The maximum Gasteiger partial charge on any atom is 0.262 e. The van der Waals surface area contributed by atoms with Gasteiger partial charge in [-0.25, -0.2) is 0 Å². The molecule has 0 fully saturated rings. The first-order valence-electron chi connectivity index (χ1n) is 11.4. The lowest BCUT2D eigenvalue weighted by Crippen LogP contribution is -2.48. The number of fused-ring (bicyclic) bond motifs is 2. The number of hydrogen-bond donors (Lipinski definition) is 0. The fourth-order valence-corrected chi connectivity index (χ4v) is 5.35. The van der Waals surface area contributed by atoms with Crippen LogP contribution in [0.2, 0.25) is 0 Å². The van der Waals surface area contributed by atoms with Gasteiger partial charge in [0.1, 0.15) is 18.8 Å². The first-order chi connectivity index (χ1) is 17.5. The van der Waals surface area contributed by atoms with Crippen LogP contribution in [0, 0.1) is 0 Å². The van der Waals surface area contributed by atoms with Gasteiger partial charge < -0.3 is 14.5 Å². The van der Waals surface area contributed by atoms with Gasteiger partial charge in [-0.2, -0.15) is 0 Å². The van der Waals surface area contributed by atoms with Crippen LogP contribution in [-0.4, -0.2) is 61.0 Å². The highest BCUT2D eigenvalue weighted by Crippen LogP contribution is 2.34. The molecule has 0 aromatic heterocycles. The summed E-state index contributed by atoms with van der Waals surface area (Å²) in [7, 11) is 1.51. The molecule has 2 heterocycles. The zero-order valence-corrected chi connectivity index (χ0v) is 20.4. The second kappa shape index (κ2) is 9.87. The zero-order chi connectivity index (χ0) is 25.2. The minimum Gasteiger partial charge on any atom is -0.497 e. The van der Waals surface area contributed by atoms with Crippen molar-refractivity contribution in [3.8, 4) is 5.75 Å². The Bertz CT molecular complexity index is 1340. The SMILES string of the molecule is COc1cccc(N(CC(=O)N2CCSc3ccccc32)C(=O)CN2C(=O)c3ccccc3C2=O)c1. The topological polar surface area (TPSA) is 87.2 Å². The average molecular weight is 502 g/mol. The molecular weight excluding hydrogens is 478 g/mol. The van der Waals surface area contributed by atoms with Crippen LogP contribution in [0.15, 0.2) is 77.7 Å². The smallest absolute Gasteiger partial charge is 0.262 e. The van der Waals surface area contributed by atoms with E-state index in [1.807, 2.05) is 24.3 Å². The van der Waals surface area contributed by atoms with Gasteiger partial charge in [0, 0.05) is 28.9 Å². The van der Waals surface area contributed by atoms with E-state index in [4.69, 9.17) is 4.74 Å². The molecule has 182 valence electrons. The molecule has 9 heteroatoms. The third-order valence-electron chi connectivity index (χ3n) is 6.16. The number of ether oxygens (including phenoxy) is 1. The molecule has 36 heavy (non-hydrogen) atoms. The Hall–Kier alpha value is -4.11. The van der Waals surface area contributed by atoms with Crippen LogP contribution in [0.5, 0.6) is 5.75 Å². The fourth-order valence-electron chi connectivity index (χ4n) is 4.35. The summed E-state index contributed by atoms with van der Waals surface area (Å²) < 4.78 is 5.31. The van der Waals surface area contributed by atoms with Crippen LogP contribution < -0.4 is 14.5 Å². The zero-order valence-electron chi connectivity index (χ0n) is 19.5. The lowest BCUT2D eigenvalue weighted by atomic mass is 10.1. The van der Waals surface area contributed by atoms with Gasteiger partial charge in [-0.15, -0.1) is 11.8 Å². The van der Waals surface area contributed by atoms with E-state index in [0.717, 1.165) is 21.2 Å². The Morgan fingerprint density at radius 2 is 1.64 bits per heavy atom. The molecule has 8 nitrogen and oxygen atoms in total. The standard InChI is InChI=1S/C27H23N3O5S/c1-35-19-8-6-7-18(15-19)29(16-24(31)28-13-14-36-23-12-5-4-11-22(23)28)25(32)17-30-26(33)20-9-2-3-10-21(20)27(30)34/h2-12,15H,13-14,16-17H2,1H3. The van der Waals surface area contributed by atoms with Gasteiger partial charge in [0.25, 0.3) is 11.8 Å². The summed E-state index contributed by atoms with van der Waals surface area (Å²) in [6.45, 7) is -0.226. The van der Waals surface area contributed by atoms with Gasteiger partial charge >= 0.3 is 0 Å². The van der Waals surface area contributed by atoms with E-state index >= 15 is 0 Å². The molecule has 0 unspecified atom stereocenters. The van der Waals surface area contributed by atoms with Crippen LogP contribution in [0.25, 0.3) is 0 Å². The van der Waals surface area contributed by atoms with E-state index in [1.54, 1.807) is 65.2 Å². The summed E-state index contributed by atoms with van der Waals surface area (Å²) >= 11 is 1.68. The third-order valence-corrected chi connectivity index (χ3v) is 7.20. The Morgan fingerprint density at radius 1 is 0.944 bits per heavy atom. The number of imide groups is 1. The largest absolute Gasteiger partial charge is 0.497 e. The predicted molar refractivity (Wildman–Crippen MR) is 137 cm³/mol. The normalized spacial score (nSPS) is 14.4. The number of thioether (sulfide) groups is 1. The Morgan fingerprint density at radius 3 is 2.36 bits per heavy atom. The Balaban J connectivity index is 1.43. The van der Waals surface area contributed by atoms with Crippen molar-refractivity contribution in [3.63, 3.8) is 0 Å². The number of carbonyl (C=O) groups excluding carboxylic acids is 4. The van der Waals surface area contributed by atoms with Gasteiger partial charge in [-0.05, 0) is 36.4 Å². The minimum absolute atomic E-state index is 0.256. The van der Waals surface area contributed by atoms with Crippen LogP contribution in [0.4, 0.5) is 11.4 Å². The molecule has 4 amide bonds. The number of carbonyl (C=O) groups is 4. The molecule has 3 aromatic rings. The summed E-state index contributed by atoms with van der Waals surface area (Å²) in [5, 5.41) is 0. The molecule has 2 aliphatic heterocycles. The summed E-state index contributed by atoms with van der Waals surface area (Å²) in [4.78, 5) is 57.7. The second-order valence-corrected chi connectivity index (χ2v) is 9.42. The molecule has 2 aliphatic rings. The molecule has 3 aromatic carbocycles. The van der Waals surface area contributed by atoms with Crippen molar-refractivity contribution in [2.24, 2.45) is 0 Å². The molecule has 0 N–H and O–H groups in total. The van der Waals surface area contributed by atoms with Crippen molar-refractivity contribution in [1.29, 1.82) is 0 Å². The highest BCUT2D eigenvalue weighted by molar-refractivity contribution is 7.99. The number of nitrogens with zero attached hydrogens (tertiary/aromatic N) is 3. The number of para-hydroxylation sites is 1. The van der Waals surface area contributed by atoms with Gasteiger partial charge in [0.15, 0.2) is 0 Å². The maximum absolute atomic E-state index is 13.6. The number of anilines is 2. The third kappa shape index (κ3) is 4.33. The molecule has 0 saturated heterocycles. The van der Waals surface area contributed by atoms with Crippen LogP contribution in [0.1, 0.15) is 20.7 Å². The number of rotatable bonds is 6. The van der Waals surface area contributed by atoms with Gasteiger partial charge in [0.05, 0.1) is 23.9 Å². The summed E-state index contributed by atoms with van der Waals surface area (Å²) in [6.07, 6.45) is 0. The van der Waals surface area contributed by atoms with Crippen molar-refractivity contribution in [2.45, 2.75) is 4.90 Å². The number of amides is 4. The van der Waals surface area contributed by atoms with Crippen molar-refractivity contribution in [3.05, 3.63) is 83.9 Å². The van der Waals surface area contributed by atoms with Gasteiger partial charge in [0.2, 0.25) is 11.8 Å². The van der Waals surface area contributed by atoms with E-state index in [2.05, 4.69) is 0 Å². The number of benzene rings is 3. The van der Waals surface area contributed by atoms with Crippen molar-refractivity contribution in [2.75, 3.05) is 42.3 Å². The van der Waals surface area contributed by atoms with E-state index in [0.29, 0.717) is 18.0 Å². The summed E-state index contributed by atoms with van der Waals surface area (Å²) in [5.74, 6) is -0.610. The summed E-state index contributed by atoms with van der Waals surface area (Å²) in [6, 6.07) is 20.9. The molecule has 0 radical (unpaired) electrons. The molecule has 0 aliphatic carbocycles. The Labute approximate surface area is 212 Å². The first kappa shape index (κ1) is 23.6. The lowest BCUT2D eigenvalue weighted by molar-refractivity contribution is -0.122. The lowest BCUT2D eigenvalue weighted by Gasteiger charge is -2.32. The van der Waals surface area contributed by atoms with Gasteiger partial charge in [-0.1, -0.05) is 30.3 Å². The van der Waals surface area contributed by atoms with Crippen LogP contribution >= 0.6 is 11.8 Å². The second-order valence-electron chi connectivity index (χ2n) is 8.28.